The molecule has 0 unspecified atom stereocenters. The van der Waals surface area contributed by atoms with Crippen molar-refractivity contribution in [1.29, 1.82) is 5.26 Å². The number of methoxy groups -OCH3 is 1. The third-order valence-corrected chi connectivity index (χ3v) is 2.53. The van der Waals surface area contributed by atoms with Gasteiger partial charge in [0.25, 0.3) is 0 Å². The van der Waals surface area contributed by atoms with E-state index in [-0.39, 0.29) is 5.91 Å². The van der Waals surface area contributed by atoms with Gasteiger partial charge >= 0.3 is 0 Å². The third kappa shape index (κ3) is 6.55. The van der Waals surface area contributed by atoms with Crippen molar-refractivity contribution < 1.29 is 9.53 Å². The van der Waals surface area contributed by atoms with Crippen LogP contribution >= 0.6 is 0 Å². The van der Waals surface area contributed by atoms with Crippen LogP contribution in [-0.2, 0) is 9.53 Å². The summed E-state index contributed by atoms with van der Waals surface area (Å²) in [6.07, 6.45) is 1.36. The Bertz CT molecular complexity index is 423. The third-order valence-electron chi connectivity index (χ3n) is 2.53. The monoisotopic (exact) mass is 261 g/mol. The summed E-state index contributed by atoms with van der Waals surface area (Å²) in [5.74, 6) is -0.0380. The smallest absolute Gasteiger partial charge is 0.225 e. The van der Waals surface area contributed by atoms with Crippen LogP contribution in [0.3, 0.4) is 0 Å². The van der Waals surface area contributed by atoms with E-state index in [1.807, 2.05) is 6.07 Å². The number of nitrogens with zero attached hydrogens (tertiary/aromatic N) is 1. The minimum Gasteiger partial charge on any atom is -0.385 e. The number of hydrogen-bond donors (Lipinski definition) is 2. The standard InChI is InChI=1S/C14H19N3O2/c1-19-10-2-8-16-9-7-14(18)17-13-5-3-12(11-15)4-6-13/h3-6,16H,2,7-10H2,1H3,(H,17,18). The second-order valence-electron chi connectivity index (χ2n) is 4.08. The first-order chi connectivity index (χ1) is 9.26. The van der Waals surface area contributed by atoms with Crippen molar-refractivity contribution in [2.24, 2.45) is 0 Å². The lowest BCUT2D eigenvalue weighted by Gasteiger charge is -2.06. The Morgan fingerprint density at radius 1 is 1.32 bits per heavy atom. The lowest BCUT2D eigenvalue weighted by Crippen LogP contribution is -2.23. The second-order valence-corrected chi connectivity index (χ2v) is 4.08. The van der Waals surface area contributed by atoms with E-state index >= 15 is 0 Å². The highest BCUT2D eigenvalue weighted by Crippen LogP contribution is 2.08. The number of rotatable bonds is 8. The predicted molar refractivity (Wildman–Crippen MR) is 73.8 cm³/mol. The summed E-state index contributed by atoms with van der Waals surface area (Å²) in [4.78, 5) is 11.6. The molecule has 0 saturated heterocycles. The fraction of sp³-hybridized carbons (Fsp3) is 0.429. The quantitative estimate of drug-likeness (QED) is 0.696. The molecule has 0 atom stereocenters. The molecule has 0 bridgehead atoms. The molecular formula is C14H19N3O2. The molecule has 1 aromatic rings. The number of anilines is 1. The molecule has 0 spiro atoms. The molecule has 0 aliphatic heterocycles. The molecule has 2 N–H and O–H groups in total. The van der Waals surface area contributed by atoms with Gasteiger partial charge in [-0.1, -0.05) is 0 Å². The number of benzene rings is 1. The highest BCUT2D eigenvalue weighted by Gasteiger charge is 2.01. The lowest BCUT2D eigenvalue weighted by molar-refractivity contribution is -0.116. The number of nitrogens with one attached hydrogen (secondary N) is 2. The summed E-state index contributed by atoms with van der Waals surface area (Å²) in [5.41, 5.74) is 1.29. The molecule has 0 saturated carbocycles. The maximum absolute atomic E-state index is 11.6. The maximum Gasteiger partial charge on any atom is 0.225 e. The Hall–Kier alpha value is -1.90. The predicted octanol–water partition coefficient (Wildman–Crippen LogP) is 1.51. The zero-order valence-corrected chi connectivity index (χ0v) is 11.1. The summed E-state index contributed by atoms with van der Waals surface area (Å²) in [6, 6.07) is 8.84. The van der Waals surface area contributed by atoms with E-state index in [0.29, 0.717) is 24.2 Å². The minimum absolute atomic E-state index is 0.0380. The van der Waals surface area contributed by atoms with E-state index in [9.17, 15) is 4.79 Å². The summed E-state index contributed by atoms with van der Waals surface area (Å²) >= 11 is 0. The normalized spacial score (nSPS) is 9.89. The van der Waals surface area contributed by atoms with Crippen LogP contribution in [0.25, 0.3) is 0 Å². The molecule has 0 radical (unpaired) electrons. The summed E-state index contributed by atoms with van der Waals surface area (Å²) in [7, 11) is 1.67. The van der Waals surface area contributed by atoms with Gasteiger partial charge in [-0.05, 0) is 37.2 Å². The van der Waals surface area contributed by atoms with Gasteiger partial charge in [-0.3, -0.25) is 4.79 Å². The van der Waals surface area contributed by atoms with Gasteiger partial charge in [-0.15, -0.1) is 0 Å². The molecule has 19 heavy (non-hydrogen) atoms. The SMILES string of the molecule is COCCCNCCC(=O)Nc1ccc(C#N)cc1. The molecule has 5 heteroatoms. The van der Waals surface area contributed by atoms with Crippen LogP contribution in [0.1, 0.15) is 18.4 Å². The maximum atomic E-state index is 11.6. The van der Waals surface area contributed by atoms with Crippen LogP contribution in [-0.4, -0.2) is 32.7 Å². The second kappa shape index (κ2) is 9.09. The van der Waals surface area contributed by atoms with Gasteiger partial charge in [-0.2, -0.15) is 5.26 Å². The average Bonchev–Trinajstić information content (AvgIpc) is 2.43. The van der Waals surface area contributed by atoms with Crippen molar-refractivity contribution in [3.05, 3.63) is 29.8 Å². The largest absolute Gasteiger partial charge is 0.385 e. The summed E-state index contributed by atoms with van der Waals surface area (Å²) < 4.78 is 4.93. The molecule has 5 nitrogen and oxygen atoms in total. The van der Waals surface area contributed by atoms with Crippen molar-refractivity contribution >= 4 is 11.6 Å². The number of ether oxygens (including phenoxy) is 1. The molecular weight excluding hydrogens is 242 g/mol. The fourth-order valence-corrected chi connectivity index (χ4v) is 1.52. The van der Waals surface area contributed by atoms with E-state index in [0.717, 1.165) is 19.6 Å². The van der Waals surface area contributed by atoms with Crippen molar-refractivity contribution in [3.8, 4) is 6.07 Å². The van der Waals surface area contributed by atoms with Gasteiger partial charge in [-0.25, -0.2) is 0 Å². The van der Waals surface area contributed by atoms with Crippen LogP contribution in [0.2, 0.25) is 0 Å². The first-order valence-corrected chi connectivity index (χ1v) is 6.26. The Morgan fingerprint density at radius 2 is 2.05 bits per heavy atom. The van der Waals surface area contributed by atoms with Crippen molar-refractivity contribution in [2.75, 3.05) is 32.1 Å². The van der Waals surface area contributed by atoms with Crippen LogP contribution in [0.5, 0.6) is 0 Å². The lowest BCUT2D eigenvalue weighted by atomic mass is 10.2. The van der Waals surface area contributed by atoms with Crippen molar-refractivity contribution in [2.45, 2.75) is 12.8 Å². The van der Waals surface area contributed by atoms with E-state index < -0.39 is 0 Å². The Morgan fingerprint density at radius 3 is 2.68 bits per heavy atom. The summed E-state index contributed by atoms with van der Waals surface area (Å²) in [5, 5.41) is 14.6. The molecule has 1 amide bonds. The zero-order valence-electron chi connectivity index (χ0n) is 11.1. The Kier molecular flexibility index (Phi) is 7.25. The van der Waals surface area contributed by atoms with Gasteiger partial charge in [0.05, 0.1) is 11.6 Å². The number of carbonyl (C=O) groups is 1. The van der Waals surface area contributed by atoms with Gasteiger partial charge in [0.2, 0.25) is 5.91 Å². The van der Waals surface area contributed by atoms with Gasteiger partial charge in [0.15, 0.2) is 0 Å². The van der Waals surface area contributed by atoms with E-state index in [1.165, 1.54) is 0 Å². The molecule has 1 rings (SSSR count). The average molecular weight is 261 g/mol. The molecule has 0 aliphatic carbocycles. The van der Waals surface area contributed by atoms with Gasteiger partial charge in [0.1, 0.15) is 0 Å². The van der Waals surface area contributed by atoms with Crippen LogP contribution < -0.4 is 10.6 Å². The molecule has 0 aliphatic rings. The van der Waals surface area contributed by atoms with Crippen LogP contribution in [0.4, 0.5) is 5.69 Å². The van der Waals surface area contributed by atoms with Crippen LogP contribution in [0, 0.1) is 11.3 Å². The fourth-order valence-electron chi connectivity index (χ4n) is 1.52. The number of amides is 1. The van der Waals surface area contributed by atoms with Crippen molar-refractivity contribution in [1.82, 2.24) is 5.32 Å². The Balaban J connectivity index is 2.18. The van der Waals surface area contributed by atoms with Gasteiger partial charge in [0, 0.05) is 32.4 Å². The number of carbonyl (C=O) groups excluding carboxylic acids is 1. The first kappa shape index (κ1) is 15.2. The molecule has 102 valence electrons. The topological polar surface area (TPSA) is 74.2 Å². The highest BCUT2D eigenvalue weighted by atomic mass is 16.5. The molecule has 0 fully saturated rings. The summed E-state index contributed by atoms with van der Waals surface area (Å²) in [6.45, 7) is 2.22. The van der Waals surface area contributed by atoms with E-state index in [4.69, 9.17) is 10.00 Å². The Labute approximate surface area is 113 Å². The van der Waals surface area contributed by atoms with E-state index in [1.54, 1.807) is 31.4 Å². The number of hydrogen-bond acceptors (Lipinski definition) is 4. The van der Waals surface area contributed by atoms with Gasteiger partial charge < -0.3 is 15.4 Å². The van der Waals surface area contributed by atoms with E-state index in [2.05, 4.69) is 10.6 Å². The zero-order chi connectivity index (χ0) is 13.9. The molecule has 0 aromatic heterocycles. The van der Waals surface area contributed by atoms with Crippen molar-refractivity contribution in [3.63, 3.8) is 0 Å². The van der Waals surface area contributed by atoms with Crippen LogP contribution in [0.15, 0.2) is 24.3 Å². The first-order valence-electron chi connectivity index (χ1n) is 6.26. The highest BCUT2D eigenvalue weighted by molar-refractivity contribution is 5.90. The minimum atomic E-state index is -0.0380. The molecule has 0 heterocycles. The molecule has 1 aromatic carbocycles. The number of nitriles is 1.